The van der Waals surface area contributed by atoms with Crippen molar-refractivity contribution in [2.24, 2.45) is 0 Å². The van der Waals surface area contributed by atoms with Crippen LogP contribution in [-0.4, -0.2) is 30.7 Å². The summed E-state index contributed by atoms with van der Waals surface area (Å²) >= 11 is 5.79. The van der Waals surface area contributed by atoms with E-state index in [1.54, 1.807) is 6.92 Å². The zero-order valence-corrected chi connectivity index (χ0v) is 14.0. The van der Waals surface area contributed by atoms with E-state index in [9.17, 15) is 18.5 Å². The van der Waals surface area contributed by atoms with Crippen molar-refractivity contribution in [2.45, 2.75) is 44.6 Å². The molecule has 0 aliphatic heterocycles. The molecular formula is C13H19ClN2O4S. The van der Waals surface area contributed by atoms with E-state index in [-0.39, 0.29) is 16.0 Å². The Balaban J connectivity index is 3.44. The van der Waals surface area contributed by atoms with Crippen molar-refractivity contribution in [3.63, 3.8) is 0 Å². The molecule has 1 rings (SSSR count). The van der Waals surface area contributed by atoms with Gasteiger partial charge in [0.15, 0.2) is 0 Å². The van der Waals surface area contributed by atoms with Crippen molar-refractivity contribution in [3.05, 3.63) is 32.8 Å². The lowest BCUT2D eigenvalue weighted by molar-refractivity contribution is -0.384. The molecule has 0 atom stereocenters. The van der Waals surface area contributed by atoms with E-state index in [4.69, 9.17) is 11.6 Å². The van der Waals surface area contributed by atoms with Gasteiger partial charge in [0.25, 0.3) is 5.69 Å². The zero-order chi connectivity index (χ0) is 16.4. The van der Waals surface area contributed by atoms with E-state index in [0.29, 0.717) is 18.4 Å². The van der Waals surface area contributed by atoms with Gasteiger partial charge in [-0.1, -0.05) is 25.4 Å². The number of nitro groups is 1. The molecular weight excluding hydrogens is 316 g/mol. The van der Waals surface area contributed by atoms with E-state index in [1.807, 2.05) is 13.8 Å². The van der Waals surface area contributed by atoms with Gasteiger partial charge in [-0.3, -0.25) is 10.1 Å². The molecule has 118 valence electrons. The Bertz CT molecular complexity index is 642. The highest BCUT2D eigenvalue weighted by molar-refractivity contribution is 7.89. The summed E-state index contributed by atoms with van der Waals surface area (Å²) in [6.45, 7) is 5.37. The molecule has 0 aromatic heterocycles. The van der Waals surface area contributed by atoms with Crippen molar-refractivity contribution < 1.29 is 13.3 Å². The lowest BCUT2D eigenvalue weighted by atomic mass is 10.2. The maximum atomic E-state index is 12.7. The summed E-state index contributed by atoms with van der Waals surface area (Å²) in [5, 5.41) is 10.9. The van der Waals surface area contributed by atoms with Gasteiger partial charge in [-0.25, -0.2) is 8.42 Å². The fraction of sp³-hybridized carbons (Fsp3) is 0.538. The Hall–Kier alpha value is -1.18. The second-order valence-electron chi connectivity index (χ2n) is 4.82. The Labute approximate surface area is 129 Å². The highest BCUT2D eigenvalue weighted by Crippen LogP contribution is 2.32. The molecule has 0 heterocycles. The van der Waals surface area contributed by atoms with E-state index in [1.165, 1.54) is 17.4 Å². The molecule has 0 unspecified atom stereocenters. The molecule has 6 nitrogen and oxygen atoms in total. The second-order valence-corrected chi connectivity index (χ2v) is 7.19. The van der Waals surface area contributed by atoms with E-state index in [2.05, 4.69) is 0 Å². The van der Waals surface area contributed by atoms with E-state index < -0.39 is 20.6 Å². The van der Waals surface area contributed by atoms with Crippen LogP contribution in [0.3, 0.4) is 0 Å². The number of hydrogen-bond donors (Lipinski definition) is 0. The Morgan fingerprint density at radius 3 is 2.29 bits per heavy atom. The number of nitro benzene ring substituents is 1. The standard InChI is InChI=1S/C13H19ClN2O4S/c1-5-10(6-2)15(4)21(19,20)13-8-12(16(17)18)11(14)7-9(13)3/h7-8,10H,5-6H2,1-4H3. The average Bonchev–Trinajstić information content (AvgIpc) is 2.39. The summed E-state index contributed by atoms with van der Waals surface area (Å²) < 4.78 is 26.6. The van der Waals surface area contributed by atoms with Crippen LogP contribution in [0.1, 0.15) is 32.3 Å². The van der Waals surface area contributed by atoms with Crippen LogP contribution in [0, 0.1) is 17.0 Å². The molecule has 0 saturated carbocycles. The molecule has 0 N–H and O–H groups in total. The summed E-state index contributed by atoms with van der Waals surface area (Å²) in [5.41, 5.74) is -0.0119. The monoisotopic (exact) mass is 334 g/mol. The molecule has 0 radical (unpaired) electrons. The summed E-state index contributed by atoms with van der Waals surface area (Å²) in [6.07, 6.45) is 1.34. The molecule has 0 bridgehead atoms. The number of hydrogen-bond acceptors (Lipinski definition) is 4. The van der Waals surface area contributed by atoms with Crippen molar-refractivity contribution in [1.82, 2.24) is 4.31 Å². The molecule has 1 aromatic rings. The Morgan fingerprint density at radius 2 is 1.86 bits per heavy atom. The lowest BCUT2D eigenvalue weighted by Crippen LogP contribution is -2.36. The summed E-state index contributed by atoms with van der Waals surface area (Å²) in [5.74, 6) is 0. The van der Waals surface area contributed by atoms with Crippen LogP contribution < -0.4 is 0 Å². The first-order chi connectivity index (χ1) is 9.66. The molecule has 0 amide bonds. The first-order valence-electron chi connectivity index (χ1n) is 6.59. The molecule has 0 spiro atoms. The summed E-state index contributed by atoms with van der Waals surface area (Å²) in [6, 6.07) is 2.20. The molecule has 0 aliphatic carbocycles. The fourth-order valence-electron chi connectivity index (χ4n) is 2.21. The normalized spacial score (nSPS) is 12.1. The molecule has 0 saturated heterocycles. The van der Waals surface area contributed by atoms with Gasteiger partial charge in [0.05, 0.1) is 9.82 Å². The Kier molecular flexibility index (Phi) is 5.72. The minimum atomic E-state index is -3.80. The lowest BCUT2D eigenvalue weighted by Gasteiger charge is -2.26. The summed E-state index contributed by atoms with van der Waals surface area (Å²) in [7, 11) is -2.30. The number of benzene rings is 1. The van der Waals surface area contributed by atoms with Gasteiger partial charge in [-0.2, -0.15) is 4.31 Å². The quantitative estimate of drug-likeness (QED) is 0.590. The molecule has 0 fully saturated rings. The minimum absolute atomic E-state index is 0.0679. The first-order valence-corrected chi connectivity index (χ1v) is 8.41. The molecule has 8 heteroatoms. The third-order valence-electron chi connectivity index (χ3n) is 3.55. The van der Waals surface area contributed by atoms with Gasteiger partial charge < -0.3 is 0 Å². The van der Waals surface area contributed by atoms with Crippen LogP contribution in [-0.2, 0) is 10.0 Å². The zero-order valence-electron chi connectivity index (χ0n) is 12.5. The topological polar surface area (TPSA) is 80.5 Å². The second kappa shape index (κ2) is 6.72. The van der Waals surface area contributed by atoms with E-state index in [0.717, 1.165) is 6.07 Å². The van der Waals surface area contributed by atoms with Gasteiger partial charge in [0.1, 0.15) is 5.02 Å². The maximum absolute atomic E-state index is 12.7. The number of halogens is 1. The summed E-state index contributed by atoms with van der Waals surface area (Å²) in [4.78, 5) is 10.2. The van der Waals surface area contributed by atoms with Gasteiger partial charge in [-0.15, -0.1) is 0 Å². The van der Waals surface area contributed by atoms with Crippen LogP contribution >= 0.6 is 11.6 Å². The predicted octanol–water partition coefficient (Wildman–Crippen LogP) is 3.37. The van der Waals surface area contributed by atoms with Gasteiger partial charge in [0.2, 0.25) is 10.0 Å². The highest BCUT2D eigenvalue weighted by Gasteiger charge is 2.30. The number of rotatable bonds is 6. The molecule has 1 aromatic carbocycles. The number of nitrogens with zero attached hydrogens (tertiary/aromatic N) is 2. The maximum Gasteiger partial charge on any atom is 0.289 e. The molecule has 21 heavy (non-hydrogen) atoms. The first kappa shape index (κ1) is 17.9. The highest BCUT2D eigenvalue weighted by atomic mass is 35.5. The van der Waals surface area contributed by atoms with E-state index >= 15 is 0 Å². The van der Waals surface area contributed by atoms with Crippen LogP contribution in [0.2, 0.25) is 5.02 Å². The van der Waals surface area contributed by atoms with Crippen LogP contribution in [0.4, 0.5) is 5.69 Å². The van der Waals surface area contributed by atoms with Gasteiger partial charge in [-0.05, 0) is 31.4 Å². The van der Waals surface area contributed by atoms with Gasteiger partial charge in [0, 0.05) is 19.2 Å². The number of aryl methyl sites for hydroxylation is 1. The largest absolute Gasteiger partial charge is 0.289 e. The van der Waals surface area contributed by atoms with Gasteiger partial charge >= 0.3 is 0 Å². The van der Waals surface area contributed by atoms with Crippen molar-refractivity contribution in [2.75, 3.05) is 7.05 Å². The third-order valence-corrected chi connectivity index (χ3v) is 5.91. The third kappa shape index (κ3) is 3.53. The average molecular weight is 335 g/mol. The molecule has 0 aliphatic rings. The van der Waals surface area contributed by atoms with Crippen molar-refractivity contribution >= 4 is 27.3 Å². The van der Waals surface area contributed by atoms with Crippen molar-refractivity contribution in [3.8, 4) is 0 Å². The van der Waals surface area contributed by atoms with Crippen LogP contribution in [0.5, 0.6) is 0 Å². The Morgan fingerprint density at radius 1 is 1.33 bits per heavy atom. The minimum Gasteiger partial charge on any atom is -0.258 e. The SMILES string of the molecule is CCC(CC)N(C)S(=O)(=O)c1cc([N+](=O)[O-])c(Cl)cc1C. The van der Waals surface area contributed by atoms with Crippen molar-refractivity contribution in [1.29, 1.82) is 0 Å². The smallest absolute Gasteiger partial charge is 0.258 e. The van der Waals surface area contributed by atoms with Crippen LogP contribution in [0.15, 0.2) is 17.0 Å². The fourth-order valence-corrected chi connectivity index (χ4v) is 4.23. The predicted molar refractivity (Wildman–Crippen MR) is 82.2 cm³/mol. The van der Waals surface area contributed by atoms with Crippen LogP contribution in [0.25, 0.3) is 0 Å². The number of sulfonamides is 1.